The highest BCUT2D eigenvalue weighted by atomic mass is 32.1. The minimum absolute atomic E-state index is 0.270. The summed E-state index contributed by atoms with van der Waals surface area (Å²) in [4.78, 5) is 15.5. The minimum atomic E-state index is 0.270. The van der Waals surface area contributed by atoms with Gasteiger partial charge < -0.3 is 0 Å². The van der Waals surface area contributed by atoms with E-state index in [-0.39, 0.29) is 5.92 Å². The van der Waals surface area contributed by atoms with Gasteiger partial charge in [-0.15, -0.1) is 11.3 Å². The summed E-state index contributed by atoms with van der Waals surface area (Å²) in [5.41, 5.74) is 2.91. The van der Waals surface area contributed by atoms with Crippen molar-refractivity contribution in [3.8, 4) is 0 Å². The smallest absolute Gasteiger partial charge is 0.136 e. The molecular formula is C9H11NOS. The van der Waals surface area contributed by atoms with Gasteiger partial charge in [-0.25, -0.2) is 4.98 Å². The molecule has 0 saturated heterocycles. The van der Waals surface area contributed by atoms with Crippen LogP contribution < -0.4 is 0 Å². The van der Waals surface area contributed by atoms with Gasteiger partial charge in [-0.2, -0.15) is 0 Å². The zero-order valence-electron chi connectivity index (χ0n) is 6.82. The lowest BCUT2D eigenvalue weighted by Crippen LogP contribution is -2.09. The normalized spacial score (nSPS) is 23.3. The van der Waals surface area contributed by atoms with Gasteiger partial charge in [0.05, 0.1) is 11.2 Å². The van der Waals surface area contributed by atoms with Crippen molar-refractivity contribution in [1.82, 2.24) is 4.98 Å². The molecule has 0 amide bonds. The van der Waals surface area contributed by atoms with Gasteiger partial charge in [-0.05, 0) is 12.8 Å². The summed E-state index contributed by atoms with van der Waals surface area (Å²) in [6.07, 6.45) is 3.79. The summed E-state index contributed by atoms with van der Waals surface area (Å²) in [6.45, 7) is 0. The Kier molecular flexibility index (Phi) is 2.21. The maximum absolute atomic E-state index is 11.3. The molecule has 1 heterocycles. The van der Waals surface area contributed by atoms with E-state index in [0.29, 0.717) is 5.78 Å². The van der Waals surface area contributed by atoms with Crippen LogP contribution in [0.5, 0.6) is 0 Å². The molecule has 2 nitrogen and oxygen atoms in total. The molecule has 1 aromatic rings. The SMILES string of the molecule is O=C1CCCC1Cc1cscn1. The van der Waals surface area contributed by atoms with E-state index in [9.17, 15) is 4.79 Å². The van der Waals surface area contributed by atoms with Crippen LogP contribution in [0.15, 0.2) is 10.9 Å². The molecular weight excluding hydrogens is 170 g/mol. The van der Waals surface area contributed by atoms with E-state index in [1.807, 2.05) is 10.9 Å². The Morgan fingerprint density at radius 1 is 1.67 bits per heavy atom. The second-order valence-corrected chi connectivity index (χ2v) is 3.96. The molecule has 1 aliphatic carbocycles. The Morgan fingerprint density at radius 3 is 3.17 bits per heavy atom. The van der Waals surface area contributed by atoms with Crippen LogP contribution in [-0.2, 0) is 11.2 Å². The number of Topliss-reactive ketones (excluding diaryl/α,β-unsaturated/α-hetero) is 1. The van der Waals surface area contributed by atoms with Crippen molar-refractivity contribution in [3.63, 3.8) is 0 Å². The number of hydrogen-bond donors (Lipinski definition) is 0. The third kappa shape index (κ3) is 1.55. The van der Waals surface area contributed by atoms with Crippen LogP contribution in [0.1, 0.15) is 25.0 Å². The van der Waals surface area contributed by atoms with Crippen molar-refractivity contribution in [2.45, 2.75) is 25.7 Å². The van der Waals surface area contributed by atoms with Crippen LogP contribution in [0.4, 0.5) is 0 Å². The van der Waals surface area contributed by atoms with E-state index in [2.05, 4.69) is 4.98 Å². The molecule has 0 aliphatic heterocycles. The average molecular weight is 181 g/mol. The van der Waals surface area contributed by atoms with Crippen molar-refractivity contribution >= 4 is 17.1 Å². The summed E-state index contributed by atoms with van der Waals surface area (Å²) in [7, 11) is 0. The van der Waals surface area contributed by atoms with E-state index in [1.54, 1.807) is 11.3 Å². The first-order valence-electron chi connectivity index (χ1n) is 4.26. The molecule has 0 aromatic carbocycles. The van der Waals surface area contributed by atoms with Gasteiger partial charge >= 0.3 is 0 Å². The molecule has 12 heavy (non-hydrogen) atoms. The molecule has 1 atom stereocenters. The van der Waals surface area contributed by atoms with Crippen molar-refractivity contribution in [2.24, 2.45) is 5.92 Å². The fourth-order valence-corrected chi connectivity index (χ4v) is 2.27. The van der Waals surface area contributed by atoms with Gasteiger partial charge in [0.2, 0.25) is 0 Å². The number of thiazole rings is 1. The number of nitrogens with zero attached hydrogens (tertiary/aromatic N) is 1. The standard InChI is InChI=1S/C9H11NOS/c11-9-3-1-2-7(9)4-8-5-12-6-10-8/h5-7H,1-4H2. The van der Waals surface area contributed by atoms with Gasteiger partial charge in [0.15, 0.2) is 0 Å². The predicted molar refractivity (Wildman–Crippen MR) is 48.2 cm³/mol. The Morgan fingerprint density at radius 2 is 2.58 bits per heavy atom. The number of aromatic nitrogens is 1. The van der Waals surface area contributed by atoms with Gasteiger partial charge in [0.25, 0.3) is 0 Å². The fraction of sp³-hybridized carbons (Fsp3) is 0.556. The van der Waals surface area contributed by atoms with E-state index in [0.717, 1.165) is 31.4 Å². The Labute approximate surface area is 75.6 Å². The Balaban J connectivity index is 1.99. The monoisotopic (exact) mass is 181 g/mol. The van der Waals surface area contributed by atoms with Gasteiger partial charge in [0, 0.05) is 24.1 Å². The zero-order valence-corrected chi connectivity index (χ0v) is 7.64. The molecule has 1 unspecified atom stereocenters. The molecule has 1 aliphatic rings. The molecule has 0 N–H and O–H groups in total. The third-order valence-corrected chi connectivity index (χ3v) is 3.01. The topological polar surface area (TPSA) is 30.0 Å². The highest BCUT2D eigenvalue weighted by molar-refractivity contribution is 7.07. The van der Waals surface area contributed by atoms with Crippen LogP contribution in [0.25, 0.3) is 0 Å². The summed E-state index contributed by atoms with van der Waals surface area (Å²) in [6, 6.07) is 0. The van der Waals surface area contributed by atoms with Crippen LogP contribution in [0.3, 0.4) is 0 Å². The maximum atomic E-state index is 11.3. The van der Waals surface area contributed by atoms with Crippen LogP contribution in [0.2, 0.25) is 0 Å². The fourth-order valence-electron chi connectivity index (χ4n) is 1.69. The van der Waals surface area contributed by atoms with E-state index in [4.69, 9.17) is 0 Å². The molecule has 2 rings (SSSR count). The summed E-state index contributed by atoms with van der Waals surface area (Å²) < 4.78 is 0. The average Bonchev–Trinajstić information content (AvgIpc) is 2.65. The number of hydrogen-bond acceptors (Lipinski definition) is 3. The maximum Gasteiger partial charge on any atom is 0.136 e. The Bertz CT molecular complexity index is 268. The molecule has 1 saturated carbocycles. The second kappa shape index (κ2) is 3.35. The highest BCUT2D eigenvalue weighted by Gasteiger charge is 2.24. The Hall–Kier alpha value is -0.700. The summed E-state index contributed by atoms with van der Waals surface area (Å²) in [5.74, 6) is 0.704. The number of rotatable bonds is 2. The van der Waals surface area contributed by atoms with E-state index >= 15 is 0 Å². The van der Waals surface area contributed by atoms with Gasteiger partial charge in [-0.1, -0.05) is 0 Å². The molecule has 0 bridgehead atoms. The second-order valence-electron chi connectivity index (χ2n) is 3.24. The molecule has 1 aromatic heterocycles. The molecule has 3 heteroatoms. The first kappa shape index (κ1) is 7.92. The summed E-state index contributed by atoms with van der Waals surface area (Å²) in [5, 5.41) is 2.03. The molecule has 0 spiro atoms. The number of carbonyl (C=O) groups is 1. The first-order chi connectivity index (χ1) is 5.86. The highest BCUT2D eigenvalue weighted by Crippen LogP contribution is 2.24. The van der Waals surface area contributed by atoms with Crippen LogP contribution in [-0.4, -0.2) is 10.8 Å². The summed E-state index contributed by atoms with van der Waals surface area (Å²) >= 11 is 1.60. The largest absolute Gasteiger partial charge is 0.299 e. The quantitative estimate of drug-likeness (QED) is 0.699. The van der Waals surface area contributed by atoms with E-state index in [1.165, 1.54) is 0 Å². The number of ketones is 1. The lowest BCUT2D eigenvalue weighted by atomic mass is 10.0. The van der Waals surface area contributed by atoms with Crippen molar-refractivity contribution in [2.75, 3.05) is 0 Å². The number of carbonyl (C=O) groups excluding carboxylic acids is 1. The van der Waals surface area contributed by atoms with Crippen molar-refractivity contribution < 1.29 is 4.79 Å². The third-order valence-electron chi connectivity index (χ3n) is 2.37. The first-order valence-corrected chi connectivity index (χ1v) is 5.20. The van der Waals surface area contributed by atoms with Crippen LogP contribution in [0, 0.1) is 5.92 Å². The van der Waals surface area contributed by atoms with Gasteiger partial charge in [0.1, 0.15) is 5.78 Å². The zero-order chi connectivity index (χ0) is 8.39. The lowest BCUT2D eigenvalue weighted by molar-refractivity contribution is -0.120. The van der Waals surface area contributed by atoms with Crippen molar-refractivity contribution in [3.05, 3.63) is 16.6 Å². The van der Waals surface area contributed by atoms with E-state index < -0.39 is 0 Å². The van der Waals surface area contributed by atoms with Gasteiger partial charge in [-0.3, -0.25) is 4.79 Å². The van der Waals surface area contributed by atoms with Crippen molar-refractivity contribution in [1.29, 1.82) is 0 Å². The van der Waals surface area contributed by atoms with Crippen LogP contribution >= 0.6 is 11.3 Å². The minimum Gasteiger partial charge on any atom is -0.299 e. The molecule has 0 radical (unpaired) electrons. The molecule has 1 fully saturated rings. The predicted octanol–water partition coefficient (Wildman–Crippen LogP) is 2.05. The molecule has 64 valence electrons. The lowest BCUT2D eigenvalue weighted by Gasteiger charge is -2.03.